The van der Waals surface area contributed by atoms with Crippen molar-refractivity contribution < 1.29 is 19.1 Å². The second-order valence-electron chi connectivity index (χ2n) is 10.4. The summed E-state index contributed by atoms with van der Waals surface area (Å²) in [5, 5.41) is 11.8. The minimum Gasteiger partial charge on any atom is -0.387 e. The summed E-state index contributed by atoms with van der Waals surface area (Å²) in [7, 11) is 0. The number of primary amides is 1. The Morgan fingerprint density at radius 1 is 1.23 bits per heavy atom. The van der Waals surface area contributed by atoms with Gasteiger partial charge in [-0.05, 0) is 81.3 Å². The molecule has 1 saturated heterocycles. The van der Waals surface area contributed by atoms with Crippen molar-refractivity contribution in [1.29, 1.82) is 0 Å². The van der Waals surface area contributed by atoms with E-state index in [0.717, 1.165) is 24.9 Å². The van der Waals surface area contributed by atoms with E-state index in [-0.39, 0.29) is 30.1 Å². The maximum Gasteiger partial charge on any atom is 0.319 e. The maximum atomic E-state index is 13.3. The summed E-state index contributed by atoms with van der Waals surface area (Å²) in [5.74, 6) is 0.208. The predicted molar refractivity (Wildman–Crippen MR) is 137 cm³/mol. The van der Waals surface area contributed by atoms with Crippen LogP contribution in [0.2, 0.25) is 0 Å². The lowest BCUT2D eigenvalue weighted by atomic mass is 9.84. The van der Waals surface area contributed by atoms with E-state index in [9.17, 15) is 19.1 Å². The topological polar surface area (TPSA) is 86.9 Å². The number of ketones is 1. The second-order valence-corrected chi connectivity index (χ2v) is 10.4. The van der Waals surface area contributed by atoms with Gasteiger partial charge in [0, 0.05) is 23.8 Å². The van der Waals surface area contributed by atoms with Crippen LogP contribution in [0.15, 0.2) is 48.5 Å². The first-order valence-corrected chi connectivity index (χ1v) is 12.4. The van der Waals surface area contributed by atoms with Crippen molar-refractivity contribution >= 4 is 17.5 Å². The van der Waals surface area contributed by atoms with Crippen LogP contribution in [0.3, 0.4) is 0 Å². The molecular weight excluding hydrogens is 445 g/mol. The minimum absolute atomic E-state index is 0.0342. The fourth-order valence-electron chi connectivity index (χ4n) is 5.29. The molecule has 1 aliphatic rings. The van der Waals surface area contributed by atoms with Crippen LogP contribution in [-0.2, 0) is 0 Å². The SMILES string of the molecule is CC(=O)c1cccc(N(C[C@@](O)(CC(C)C)CN2CCC(c3ccc(F)cc3)CC2C)C(N)=O)c1. The summed E-state index contributed by atoms with van der Waals surface area (Å²) in [6.07, 6.45) is 2.31. The Kier molecular flexibility index (Phi) is 8.67. The normalized spacial score (nSPS) is 20.4. The van der Waals surface area contributed by atoms with Gasteiger partial charge >= 0.3 is 6.03 Å². The van der Waals surface area contributed by atoms with E-state index in [4.69, 9.17) is 5.73 Å². The van der Waals surface area contributed by atoms with E-state index in [1.54, 1.807) is 24.3 Å². The maximum absolute atomic E-state index is 13.3. The Bertz CT molecular complexity index is 1030. The number of β-amino-alcohol motifs (C(OH)–C–C–N with tert-alkyl or cyclic N) is 1. The van der Waals surface area contributed by atoms with Gasteiger partial charge in [0.1, 0.15) is 5.82 Å². The third-order valence-electron chi connectivity index (χ3n) is 6.92. The second kappa shape index (κ2) is 11.3. The van der Waals surface area contributed by atoms with Crippen LogP contribution in [0.1, 0.15) is 68.8 Å². The molecule has 0 radical (unpaired) electrons. The molecule has 3 N–H and O–H groups in total. The number of carbonyl (C=O) groups excluding carboxylic acids is 2. The summed E-state index contributed by atoms with van der Waals surface area (Å²) in [6, 6.07) is 13.0. The highest BCUT2D eigenvalue weighted by atomic mass is 19.1. The van der Waals surface area contributed by atoms with E-state index >= 15 is 0 Å². The zero-order valence-corrected chi connectivity index (χ0v) is 21.2. The molecule has 0 aromatic heterocycles. The molecule has 1 aliphatic heterocycles. The van der Waals surface area contributed by atoms with E-state index in [1.165, 1.54) is 24.0 Å². The number of anilines is 1. The van der Waals surface area contributed by atoms with Crippen molar-refractivity contribution in [3.63, 3.8) is 0 Å². The molecule has 2 aromatic carbocycles. The molecule has 35 heavy (non-hydrogen) atoms. The number of Topliss-reactive ketones (excluding diaryl/α,β-unsaturated/α-hetero) is 1. The molecule has 1 heterocycles. The molecule has 2 unspecified atom stereocenters. The van der Waals surface area contributed by atoms with E-state index in [0.29, 0.717) is 30.1 Å². The quantitative estimate of drug-likeness (QED) is 0.494. The predicted octanol–water partition coefficient (Wildman–Crippen LogP) is 4.96. The highest BCUT2D eigenvalue weighted by Crippen LogP contribution is 2.33. The monoisotopic (exact) mass is 483 g/mol. The van der Waals surface area contributed by atoms with E-state index in [2.05, 4.69) is 11.8 Å². The van der Waals surface area contributed by atoms with Crippen molar-refractivity contribution in [3.8, 4) is 0 Å². The molecule has 0 aliphatic carbocycles. The lowest BCUT2D eigenvalue weighted by Gasteiger charge is -2.44. The largest absolute Gasteiger partial charge is 0.387 e. The van der Waals surface area contributed by atoms with Crippen LogP contribution in [0, 0.1) is 11.7 Å². The van der Waals surface area contributed by atoms with Crippen LogP contribution in [0.4, 0.5) is 14.9 Å². The van der Waals surface area contributed by atoms with Crippen LogP contribution < -0.4 is 10.6 Å². The number of urea groups is 1. The van der Waals surface area contributed by atoms with Gasteiger partial charge in [0.05, 0.1) is 12.1 Å². The van der Waals surface area contributed by atoms with Gasteiger partial charge in [-0.2, -0.15) is 0 Å². The van der Waals surface area contributed by atoms with Gasteiger partial charge in [-0.1, -0.05) is 38.1 Å². The number of carbonyl (C=O) groups is 2. The average Bonchev–Trinajstić information content (AvgIpc) is 2.79. The first kappa shape index (κ1) is 26.8. The molecule has 2 aromatic rings. The van der Waals surface area contributed by atoms with Gasteiger partial charge < -0.3 is 10.8 Å². The van der Waals surface area contributed by atoms with Gasteiger partial charge in [-0.25, -0.2) is 9.18 Å². The zero-order valence-electron chi connectivity index (χ0n) is 21.2. The highest BCUT2D eigenvalue weighted by Gasteiger charge is 2.37. The molecule has 6 nitrogen and oxygen atoms in total. The number of nitrogens with zero attached hydrogens (tertiary/aromatic N) is 2. The number of benzene rings is 2. The molecule has 1 fully saturated rings. The Hall–Kier alpha value is -2.77. The third kappa shape index (κ3) is 7.12. The van der Waals surface area contributed by atoms with Crippen LogP contribution >= 0.6 is 0 Å². The molecule has 190 valence electrons. The van der Waals surface area contributed by atoms with Gasteiger partial charge in [0.2, 0.25) is 0 Å². The molecule has 0 saturated carbocycles. The summed E-state index contributed by atoms with van der Waals surface area (Å²) >= 11 is 0. The van der Waals surface area contributed by atoms with Crippen molar-refractivity contribution in [2.75, 3.05) is 24.5 Å². The van der Waals surface area contributed by atoms with E-state index < -0.39 is 11.6 Å². The smallest absolute Gasteiger partial charge is 0.319 e. The summed E-state index contributed by atoms with van der Waals surface area (Å²) in [6.45, 7) is 8.93. The Balaban J connectivity index is 1.78. The number of hydrogen-bond donors (Lipinski definition) is 2. The summed E-state index contributed by atoms with van der Waals surface area (Å²) in [4.78, 5) is 27.9. The summed E-state index contributed by atoms with van der Waals surface area (Å²) < 4.78 is 13.3. The van der Waals surface area contributed by atoms with E-state index in [1.807, 2.05) is 26.0 Å². The fourth-order valence-corrected chi connectivity index (χ4v) is 5.29. The van der Waals surface area contributed by atoms with Crippen LogP contribution in [-0.4, -0.2) is 53.1 Å². The number of piperidine rings is 1. The molecule has 2 amide bonds. The molecule has 3 rings (SSSR count). The lowest BCUT2D eigenvalue weighted by molar-refractivity contribution is -0.0240. The number of hydrogen-bond acceptors (Lipinski definition) is 4. The van der Waals surface area contributed by atoms with Crippen molar-refractivity contribution in [3.05, 3.63) is 65.5 Å². The number of likely N-dealkylation sites (tertiary alicyclic amines) is 1. The molecule has 0 bridgehead atoms. The number of aliphatic hydroxyl groups is 1. The van der Waals surface area contributed by atoms with Crippen LogP contribution in [0.25, 0.3) is 0 Å². The van der Waals surface area contributed by atoms with Gasteiger partial charge in [-0.15, -0.1) is 0 Å². The van der Waals surface area contributed by atoms with Crippen LogP contribution in [0.5, 0.6) is 0 Å². The van der Waals surface area contributed by atoms with Gasteiger partial charge in [0.25, 0.3) is 0 Å². The molecule has 3 atom stereocenters. The highest BCUT2D eigenvalue weighted by molar-refractivity contribution is 5.97. The lowest BCUT2D eigenvalue weighted by Crippen LogP contribution is -2.56. The Morgan fingerprint density at radius 2 is 1.91 bits per heavy atom. The molecular formula is C28H38FN3O3. The zero-order chi connectivity index (χ0) is 25.8. The first-order chi connectivity index (χ1) is 16.5. The molecule has 0 spiro atoms. The first-order valence-electron chi connectivity index (χ1n) is 12.4. The van der Waals surface area contributed by atoms with Crippen molar-refractivity contribution in [2.24, 2.45) is 11.7 Å². The number of nitrogens with two attached hydrogens (primary N) is 1. The van der Waals surface area contributed by atoms with Crippen molar-refractivity contribution in [1.82, 2.24) is 4.90 Å². The van der Waals surface area contributed by atoms with Gasteiger partial charge in [0.15, 0.2) is 5.78 Å². The fraction of sp³-hybridized carbons (Fsp3) is 0.500. The minimum atomic E-state index is -1.19. The number of amides is 2. The molecule has 7 heteroatoms. The third-order valence-corrected chi connectivity index (χ3v) is 6.92. The number of rotatable bonds is 9. The van der Waals surface area contributed by atoms with Crippen molar-refractivity contribution in [2.45, 2.75) is 64.5 Å². The summed E-state index contributed by atoms with van der Waals surface area (Å²) in [5.41, 5.74) is 6.67. The van der Waals surface area contributed by atoms with Gasteiger partial charge in [-0.3, -0.25) is 14.6 Å². The Morgan fingerprint density at radius 3 is 2.49 bits per heavy atom. The average molecular weight is 484 g/mol. The number of halogens is 1. The standard InChI is InChI=1S/C28H38FN3O3/c1-19(2)16-28(35,18-32(27(30)34)26-7-5-6-23(15-26)21(4)33)17-31-13-12-24(14-20(31)3)22-8-10-25(29)11-9-22/h5-11,15,19-20,24,35H,12-14,16-18H2,1-4H3,(H2,30,34)/t20?,24?,28-/m1/s1. The Labute approximate surface area is 207 Å².